The highest BCUT2D eigenvalue weighted by Crippen LogP contribution is 2.26. The van der Waals surface area contributed by atoms with Crippen LogP contribution in [0.5, 0.6) is 5.75 Å². The number of hydrogen-bond donors (Lipinski definition) is 2. The lowest BCUT2D eigenvalue weighted by molar-refractivity contribution is -0.114. The van der Waals surface area contributed by atoms with Gasteiger partial charge in [-0.1, -0.05) is 12.1 Å². The monoisotopic (exact) mass is 560 g/mol. The van der Waals surface area contributed by atoms with Crippen molar-refractivity contribution in [2.45, 2.75) is 25.7 Å². The van der Waals surface area contributed by atoms with E-state index in [9.17, 15) is 21.6 Å². The van der Waals surface area contributed by atoms with Crippen LogP contribution in [-0.2, 0) is 25.0 Å². The molecule has 0 unspecified atom stereocenters. The normalized spacial score (nSPS) is 11.7. The van der Waals surface area contributed by atoms with E-state index in [1.807, 2.05) is 19.9 Å². The maximum Gasteiger partial charge on any atom is 0.304 e. The van der Waals surface area contributed by atoms with Crippen molar-refractivity contribution in [1.82, 2.24) is 4.31 Å². The van der Waals surface area contributed by atoms with Gasteiger partial charge in [-0.05, 0) is 86.5 Å². The summed E-state index contributed by atoms with van der Waals surface area (Å²) in [6, 6.07) is 17.5. The average molecular weight is 561 g/mol. The summed E-state index contributed by atoms with van der Waals surface area (Å²) in [7, 11) is -5.05. The molecular weight excluding hydrogens is 528 g/mol. The molecule has 10 nitrogen and oxygen atoms in total. The van der Waals surface area contributed by atoms with Gasteiger partial charge in [0.2, 0.25) is 5.91 Å². The molecule has 0 saturated carbocycles. The van der Waals surface area contributed by atoms with E-state index in [-0.39, 0.29) is 4.90 Å². The van der Waals surface area contributed by atoms with Crippen molar-refractivity contribution < 1.29 is 26.4 Å². The Bertz CT molecular complexity index is 1490. The average Bonchev–Trinajstić information content (AvgIpc) is 2.85. The zero-order chi connectivity index (χ0) is 28.1. The molecule has 0 aromatic heterocycles. The van der Waals surface area contributed by atoms with E-state index in [0.717, 1.165) is 14.2 Å². The fourth-order valence-corrected chi connectivity index (χ4v) is 5.70. The summed E-state index contributed by atoms with van der Waals surface area (Å²) in [4.78, 5) is 12.9. The van der Waals surface area contributed by atoms with Crippen molar-refractivity contribution in [1.29, 1.82) is 0 Å². The molecule has 0 atom stereocenters. The van der Waals surface area contributed by atoms with Gasteiger partial charge in [0.05, 0.1) is 17.2 Å². The van der Waals surface area contributed by atoms with Crippen LogP contribution in [0.3, 0.4) is 0 Å². The van der Waals surface area contributed by atoms with Gasteiger partial charge in [0, 0.05) is 25.5 Å². The number of nitrogens with zero attached hydrogens (tertiary/aromatic N) is 2. The summed E-state index contributed by atoms with van der Waals surface area (Å²) in [6.45, 7) is 5.50. The van der Waals surface area contributed by atoms with Gasteiger partial charge in [-0.3, -0.25) is 9.52 Å². The number of carbonyl (C=O) groups is 1. The third-order valence-corrected chi connectivity index (χ3v) is 8.73. The number of sulfonamides is 1. The quantitative estimate of drug-likeness (QED) is 0.368. The molecule has 0 aliphatic rings. The maximum atomic E-state index is 13.0. The Balaban J connectivity index is 1.74. The molecule has 0 spiro atoms. The van der Waals surface area contributed by atoms with E-state index in [4.69, 9.17) is 4.74 Å². The Morgan fingerprint density at radius 3 is 2.05 bits per heavy atom. The van der Waals surface area contributed by atoms with Crippen molar-refractivity contribution in [3.05, 3.63) is 77.9 Å². The summed E-state index contributed by atoms with van der Waals surface area (Å²) >= 11 is 0. The zero-order valence-electron chi connectivity index (χ0n) is 21.9. The van der Waals surface area contributed by atoms with Crippen LogP contribution in [0, 0.1) is 13.8 Å². The molecule has 0 saturated heterocycles. The lowest BCUT2D eigenvalue weighted by Gasteiger charge is -2.28. The highest BCUT2D eigenvalue weighted by atomic mass is 32.2. The minimum absolute atomic E-state index is 0.00317. The van der Waals surface area contributed by atoms with Gasteiger partial charge in [0.25, 0.3) is 10.0 Å². The number of aryl methyl sites for hydroxylation is 2. The van der Waals surface area contributed by atoms with Gasteiger partial charge < -0.3 is 10.1 Å². The molecule has 0 aliphatic heterocycles. The van der Waals surface area contributed by atoms with Crippen LogP contribution < -0.4 is 19.1 Å². The second kappa shape index (κ2) is 11.8. The largest absolute Gasteiger partial charge is 0.494 e. The van der Waals surface area contributed by atoms with E-state index in [1.165, 1.54) is 38.4 Å². The Labute approximate surface area is 224 Å². The first-order valence-corrected chi connectivity index (χ1v) is 14.6. The van der Waals surface area contributed by atoms with Gasteiger partial charge >= 0.3 is 10.2 Å². The van der Waals surface area contributed by atoms with E-state index < -0.39 is 32.7 Å². The molecule has 2 N–H and O–H groups in total. The number of ether oxygens (including phenoxy) is 1. The number of rotatable bonds is 11. The molecule has 204 valence electrons. The summed E-state index contributed by atoms with van der Waals surface area (Å²) in [5.41, 5.74) is 2.64. The fourth-order valence-electron chi connectivity index (χ4n) is 3.52. The van der Waals surface area contributed by atoms with Crippen LogP contribution in [0.2, 0.25) is 0 Å². The van der Waals surface area contributed by atoms with Crippen LogP contribution in [0.25, 0.3) is 0 Å². The van der Waals surface area contributed by atoms with Crippen molar-refractivity contribution in [3.8, 4) is 5.75 Å². The summed E-state index contributed by atoms with van der Waals surface area (Å²) in [5.74, 6) is 0.0458. The van der Waals surface area contributed by atoms with Gasteiger partial charge in [-0.15, -0.1) is 0 Å². The number of anilines is 3. The Morgan fingerprint density at radius 2 is 1.47 bits per heavy atom. The van der Waals surface area contributed by atoms with Crippen molar-refractivity contribution in [2.75, 3.05) is 41.6 Å². The van der Waals surface area contributed by atoms with Gasteiger partial charge in [0.1, 0.15) is 12.3 Å². The second-order valence-corrected chi connectivity index (χ2v) is 12.5. The van der Waals surface area contributed by atoms with Crippen LogP contribution in [0.15, 0.2) is 71.6 Å². The lowest BCUT2D eigenvalue weighted by atomic mass is 10.1. The van der Waals surface area contributed by atoms with E-state index >= 15 is 0 Å². The molecule has 3 aromatic rings. The molecule has 3 rings (SSSR count). The highest BCUT2D eigenvalue weighted by molar-refractivity contribution is 7.92. The maximum absolute atomic E-state index is 13.0. The zero-order valence-corrected chi connectivity index (χ0v) is 23.6. The van der Waals surface area contributed by atoms with Gasteiger partial charge in [-0.25, -0.2) is 12.7 Å². The molecule has 0 fully saturated rings. The number of benzene rings is 3. The minimum Gasteiger partial charge on any atom is -0.494 e. The minimum atomic E-state index is -3.97. The number of nitrogens with one attached hydrogen (secondary N) is 2. The first-order chi connectivity index (χ1) is 17.8. The van der Waals surface area contributed by atoms with Gasteiger partial charge in [-0.2, -0.15) is 12.7 Å². The topological polar surface area (TPSA) is 125 Å². The standard InChI is InChI=1S/C26H32N4O6S2/c1-6-36-23-13-9-22(10-14-23)28-37(32,33)24-15-11-21(12-16-24)27-26(31)18-30(38(34,35)29(4)5)25-17-19(2)7-8-20(25)3/h7-17,28H,6,18H2,1-5H3,(H,27,31). The number of carbonyl (C=O) groups excluding carboxylic acids is 1. The van der Waals surface area contributed by atoms with Crippen molar-refractivity contribution >= 4 is 43.2 Å². The smallest absolute Gasteiger partial charge is 0.304 e. The third kappa shape index (κ3) is 7.03. The molecule has 0 radical (unpaired) electrons. The predicted octanol–water partition coefficient (Wildman–Crippen LogP) is 3.75. The molecule has 0 aliphatic carbocycles. The van der Waals surface area contributed by atoms with Gasteiger partial charge in [0.15, 0.2) is 0 Å². The van der Waals surface area contributed by atoms with Crippen LogP contribution in [-0.4, -0.2) is 54.3 Å². The van der Waals surface area contributed by atoms with E-state index in [2.05, 4.69) is 10.0 Å². The van der Waals surface area contributed by atoms with Crippen LogP contribution >= 0.6 is 0 Å². The van der Waals surface area contributed by atoms with E-state index in [1.54, 1.807) is 43.3 Å². The Kier molecular flexibility index (Phi) is 9.02. The van der Waals surface area contributed by atoms with Crippen LogP contribution in [0.4, 0.5) is 17.1 Å². The molecule has 1 amide bonds. The van der Waals surface area contributed by atoms with Crippen molar-refractivity contribution in [2.24, 2.45) is 0 Å². The predicted molar refractivity (Wildman–Crippen MR) is 149 cm³/mol. The highest BCUT2D eigenvalue weighted by Gasteiger charge is 2.28. The Hall–Kier alpha value is -3.61. The molecule has 0 heterocycles. The summed E-state index contributed by atoms with van der Waals surface area (Å²) < 4.78 is 61.6. The van der Waals surface area contributed by atoms with Crippen LogP contribution in [0.1, 0.15) is 18.1 Å². The molecule has 38 heavy (non-hydrogen) atoms. The Morgan fingerprint density at radius 1 is 0.868 bits per heavy atom. The molecular formula is C26H32N4O6S2. The second-order valence-electron chi connectivity index (χ2n) is 8.72. The van der Waals surface area contributed by atoms with Crippen molar-refractivity contribution in [3.63, 3.8) is 0 Å². The third-order valence-electron chi connectivity index (χ3n) is 5.53. The summed E-state index contributed by atoms with van der Waals surface area (Å²) in [5, 5.41) is 2.64. The number of hydrogen-bond acceptors (Lipinski definition) is 6. The molecule has 0 bridgehead atoms. The first-order valence-electron chi connectivity index (χ1n) is 11.8. The fraction of sp³-hybridized carbons (Fsp3) is 0.269. The SMILES string of the molecule is CCOc1ccc(NS(=O)(=O)c2ccc(NC(=O)CN(c3cc(C)ccc3C)S(=O)(=O)N(C)C)cc2)cc1. The number of amides is 1. The van der Waals surface area contributed by atoms with E-state index in [0.29, 0.717) is 35.0 Å². The summed E-state index contributed by atoms with van der Waals surface area (Å²) in [6.07, 6.45) is 0. The first kappa shape index (κ1) is 29.0. The molecule has 12 heteroatoms. The lowest BCUT2D eigenvalue weighted by Crippen LogP contribution is -2.44. The molecule has 3 aromatic carbocycles.